The zero-order valence-electron chi connectivity index (χ0n) is 10.2. The maximum Gasteiger partial charge on any atom is 0.0663 e. The zero-order chi connectivity index (χ0) is 12.1. The zero-order valence-corrected chi connectivity index (χ0v) is 10.2. The van der Waals surface area contributed by atoms with Crippen LogP contribution in [0.1, 0.15) is 29.7 Å². The summed E-state index contributed by atoms with van der Waals surface area (Å²) >= 11 is 0. The fourth-order valence-corrected chi connectivity index (χ4v) is 1.77. The second kappa shape index (κ2) is 5.69. The normalized spacial score (nSPS) is 14.2. The van der Waals surface area contributed by atoms with E-state index < -0.39 is 0 Å². The molecule has 0 heterocycles. The molecule has 3 N–H and O–H groups in total. The van der Waals surface area contributed by atoms with Crippen LogP contribution in [0.4, 0.5) is 0 Å². The van der Waals surface area contributed by atoms with E-state index in [9.17, 15) is 0 Å². The van der Waals surface area contributed by atoms with E-state index in [1.54, 1.807) is 0 Å². The van der Waals surface area contributed by atoms with E-state index in [1.165, 1.54) is 16.7 Å². The molecule has 0 aliphatic carbocycles. The van der Waals surface area contributed by atoms with Crippen molar-refractivity contribution in [3.63, 3.8) is 0 Å². The number of rotatable bonds is 4. The molecule has 0 saturated carbocycles. The van der Waals surface area contributed by atoms with Crippen molar-refractivity contribution in [2.24, 2.45) is 5.73 Å². The molecule has 0 spiro atoms. The van der Waals surface area contributed by atoms with Crippen LogP contribution >= 0.6 is 0 Å². The highest BCUT2D eigenvalue weighted by Gasteiger charge is 2.13. The predicted molar refractivity (Wildman–Crippen MR) is 69.1 cm³/mol. The summed E-state index contributed by atoms with van der Waals surface area (Å²) in [5.41, 5.74) is 9.53. The van der Waals surface area contributed by atoms with Gasteiger partial charge >= 0.3 is 0 Å². The van der Waals surface area contributed by atoms with Gasteiger partial charge in [0.1, 0.15) is 0 Å². The Kier molecular flexibility index (Phi) is 4.54. The predicted octanol–water partition coefficient (Wildman–Crippen LogP) is 1.91. The van der Waals surface area contributed by atoms with Gasteiger partial charge in [-0.2, -0.15) is 0 Å². The number of hydrogen-bond donors (Lipinski definition) is 2. The molecular weight excluding hydrogens is 196 g/mol. The maximum atomic E-state index is 5.80. The number of hydrogen-bond acceptors (Lipinski definition) is 2. The fraction of sp³-hybridized carbons (Fsp3) is 0.429. The van der Waals surface area contributed by atoms with Gasteiger partial charge in [0, 0.05) is 12.6 Å². The summed E-state index contributed by atoms with van der Waals surface area (Å²) in [7, 11) is 0. The molecule has 0 aliphatic heterocycles. The summed E-state index contributed by atoms with van der Waals surface area (Å²) < 4.78 is 0. The van der Waals surface area contributed by atoms with Gasteiger partial charge in [-0.25, -0.2) is 0 Å². The second-order valence-corrected chi connectivity index (χ2v) is 4.20. The van der Waals surface area contributed by atoms with Gasteiger partial charge in [-0.3, -0.25) is 5.32 Å². The third-order valence-electron chi connectivity index (χ3n) is 2.75. The quantitative estimate of drug-likeness (QED) is 0.755. The molecule has 16 heavy (non-hydrogen) atoms. The minimum absolute atomic E-state index is 0.0356. The van der Waals surface area contributed by atoms with E-state index in [-0.39, 0.29) is 12.1 Å². The van der Waals surface area contributed by atoms with E-state index in [0.717, 1.165) is 0 Å². The first-order valence-corrected chi connectivity index (χ1v) is 5.58. The van der Waals surface area contributed by atoms with Gasteiger partial charge in [-0.05, 0) is 31.9 Å². The lowest BCUT2D eigenvalue weighted by Crippen LogP contribution is -2.34. The third-order valence-corrected chi connectivity index (χ3v) is 2.75. The molecule has 2 heteroatoms. The van der Waals surface area contributed by atoms with Crippen molar-refractivity contribution in [1.29, 1.82) is 0 Å². The Hall–Kier alpha value is -1.30. The standard InChI is InChI=1S/C14H20N2/c1-5-12(4)16-14(9-15)13-8-10(2)6-7-11(13)3/h1,6-8,12,14,16H,9,15H2,2-4H3. The van der Waals surface area contributed by atoms with E-state index in [1.807, 2.05) is 6.92 Å². The fourth-order valence-electron chi connectivity index (χ4n) is 1.77. The Morgan fingerprint density at radius 1 is 1.44 bits per heavy atom. The van der Waals surface area contributed by atoms with E-state index >= 15 is 0 Å². The molecule has 1 aromatic carbocycles. The summed E-state index contributed by atoms with van der Waals surface area (Å²) in [5, 5.41) is 3.34. The molecule has 2 atom stereocenters. The van der Waals surface area contributed by atoms with Crippen LogP contribution in [0, 0.1) is 26.2 Å². The second-order valence-electron chi connectivity index (χ2n) is 4.20. The molecular formula is C14H20N2. The molecule has 0 radical (unpaired) electrons. The van der Waals surface area contributed by atoms with Gasteiger partial charge in [0.05, 0.1) is 6.04 Å². The first kappa shape index (κ1) is 12.8. The van der Waals surface area contributed by atoms with Crippen LogP contribution in [0.3, 0.4) is 0 Å². The van der Waals surface area contributed by atoms with Crippen LogP contribution in [0.25, 0.3) is 0 Å². The van der Waals surface area contributed by atoms with Crippen molar-refractivity contribution in [2.75, 3.05) is 6.54 Å². The molecule has 1 aromatic rings. The number of benzene rings is 1. The molecule has 0 amide bonds. The van der Waals surface area contributed by atoms with Gasteiger partial charge in [0.15, 0.2) is 0 Å². The smallest absolute Gasteiger partial charge is 0.0663 e. The lowest BCUT2D eigenvalue weighted by molar-refractivity contribution is 0.516. The molecule has 86 valence electrons. The Balaban J connectivity index is 2.95. The van der Waals surface area contributed by atoms with Crippen LogP contribution in [-0.2, 0) is 0 Å². The average molecular weight is 216 g/mol. The molecule has 0 aliphatic rings. The summed E-state index contributed by atoms with van der Waals surface area (Å²) in [6.45, 7) is 6.70. The van der Waals surface area contributed by atoms with E-state index in [2.05, 4.69) is 43.3 Å². The van der Waals surface area contributed by atoms with Gasteiger partial charge in [0.25, 0.3) is 0 Å². The largest absolute Gasteiger partial charge is 0.329 e. The molecule has 0 aromatic heterocycles. The molecule has 0 saturated heterocycles. The first-order chi connectivity index (χ1) is 7.58. The Morgan fingerprint density at radius 3 is 2.69 bits per heavy atom. The van der Waals surface area contributed by atoms with Crippen molar-refractivity contribution >= 4 is 0 Å². The van der Waals surface area contributed by atoms with Crippen molar-refractivity contribution in [2.45, 2.75) is 32.9 Å². The molecule has 0 bridgehead atoms. The lowest BCUT2D eigenvalue weighted by atomic mass is 9.98. The number of nitrogens with one attached hydrogen (secondary N) is 1. The number of nitrogens with two attached hydrogens (primary N) is 1. The highest BCUT2D eigenvalue weighted by atomic mass is 15.0. The van der Waals surface area contributed by atoms with Crippen molar-refractivity contribution in [3.05, 3.63) is 34.9 Å². The Bertz CT molecular complexity index is 390. The van der Waals surface area contributed by atoms with Crippen LogP contribution in [-0.4, -0.2) is 12.6 Å². The van der Waals surface area contributed by atoms with Crippen LogP contribution in [0.5, 0.6) is 0 Å². The molecule has 2 nitrogen and oxygen atoms in total. The van der Waals surface area contributed by atoms with Crippen LogP contribution in [0.15, 0.2) is 18.2 Å². The molecule has 1 rings (SSSR count). The summed E-state index contributed by atoms with van der Waals surface area (Å²) in [6, 6.07) is 6.56. The Labute approximate surface area is 98.2 Å². The van der Waals surface area contributed by atoms with Crippen molar-refractivity contribution < 1.29 is 0 Å². The Morgan fingerprint density at radius 2 is 2.12 bits per heavy atom. The topological polar surface area (TPSA) is 38.0 Å². The van der Waals surface area contributed by atoms with Gasteiger partial charge in [-0.15, -0.1) is 6.42 Å². The highest BCUT2D eigenvalue weighted by Crippen LogP contribution is 2.18. The minimum atomic E-state index is 0.0356. The maximum absolute atomic E-state index is 5.80. The van der Waals surface area contributed by atoms with Gasteiger partial charge in [-0.1, -0.05) is 29.7 Å². The summed E-state index contributed by atoms with van der Waals surface area (Å²) in [5.74, 6) is 2.67. The number of aryl methyl sites for hydroxylation is 2. The first-order valence-electron chi connectivity index (χ1n) is 5.58. The van der Waals surface area contributed by atoms with E-state index in [4.69, 9.17) is 12.2 Å². The third kappa shape index (κ3) is 3.10. The molecule has 0 fully saturated rings. The van der Waals surface area contributed by atoms with Crippen LogP contribution in [0.2, 0.25) is 0 Å². The van der Waals surface area contributed by atoms with Crippen molar-refractivity contribution in [1.82, 2.24) is 5.32 Å². The van der Waals surface area contributed by atoms with Crippen molar-refractivity contribution in [3.8, 4) is 12.3 Å². The summed E-state index contributed by atoms with van der Waals surface area (Å²) in [6.07, 6.45) is 5.37. The highest BCUT2D eigenvalue weighted by molar-refractivity contribution is 5.33. The number of terminal acetylenes is 1. The SMILES string of the molecule is C#CC(C)NC(CN)c1cc(C)ccc1C. The summed E-state index contributed by atoms with van der Waals surface area (Å²) in [4.78, 5) is 0. The van der Waals surface area contributed by atoms with Gasteiger partial charge in [0.2, 0.25) is 0 Å². The lowest BCUT2D eigenvalue weighted by Gasteiger charge is -2.21. The van der Waals surface area contributed by atoms with Gasteiger partial charge < -0.3 is 5.73 Å². The molecule has 2 unspecified atom stereocenters. The van der Waals surface area contributed by atoms with Crippen LogP contribution < -0.4 is 11.1 Å². The minimum Gasteiger partial charge on any atom is -0.329 e. The monoisotopic (exact) mass is 216 g/mol. The average Bonchev–Trinajstić information content (AvgIpc) is 2.29. The van der Waals surface area contributed by atoms with E-state index in [0.29, 0.717) is 6.54 Å².